The van der Waals surface area contributed by atoms with E-state index < -0.39 is 0 Å². The first kappa shape index (κ1) is 11.5. The van der Waals surface area contributed by atoms with E-state index in [1.807, 2.05) is 13.0 Å². The topological polar surface area (TPSA) is 54.5 Å². The van der Waals surface area contributed by atoms with Crippen molar-refractivity contribution in [3.63, 3.8) is 0 Å². The first-order valence-corrected chi connectivity index (χ1v) is 6.57. The predicted octanol–water partition coefficient (Wildman–Crippen LogP) is 2.78. The molecule has 0 aromatic carbocycles. The second-order valence-corrected chi connectivity index (χ2v) is 4.93. The van der Waals surface area contributed by atoms with Gasteiger partial charge in [0.05, 0.1) is 0 Å². The molecule has 0 unspecified atom stereocenters. The van der Waals surface area contributed by atoms with Gasteiger partial charge in [0.25, 0.3) is 0 Å². The van der Waals surface area contributed by atoms with Crippen LogP contribution in [-0.4, -0.2) is 19.9 Å². The quantitative estimate of drug-likeness (QED) is 0.799. The molecule has 0 atom stereocenters. The fraction of sp³-hybridized carbons (Fsp3) is 0.385. The van der Waals surface area contributed by atoms with Crippen molar-refractivity contribution in [3.8, 4) is 11.5 Å². The van der Waals surface area contributed by atoms with E-state index in [0.29, 0.717) is 0 Å². The lowest BCUT2D eigenvalue weighted by atomic mass is 9.97. The summed E-state index contributed by atoms with van der Waals surface area (Å²) in [6.45, 7) is 1.87. The van der Waals surface area contributed by atoms with Crippen molar-refractivity contribution in [3.05, 3.63) is 34.0 Å². The Morgan fingerprint density at radius 3 is 2.89 bits per heavy atom. The molecule has 0 bridgehead atoms. The number of aromatic nitrogens is 4. The molecule has 1 aliphatic carbocycles. The highest BCUT2D eigenvalue weighted by Gasteiger charge is 2.14. The zero-order chi connectivity index (χ0) is 12.5. The molecule has 2 aromatic rings. The minimum Gasteiger partial charge on any atom is -0.342 e. The van der Waals surface area contributed by atoms with Crippen LogP contribution in [0.2, 0.25) is 0 Å². The van der Waals surface area contributed by atoms with Crippen LogP contribution >= 0.6 is 12.2 Å². The van der Waals surface area contributed by atoms with E-state index in [2.05, 4.69) is 19.9 Å². The van der Waals surface area contributed by atoms with Crippen molar-refractivity contribution < 1.29 is 0 Å². The Kier molecular flexibility index (Phi) is 2.91. The first-order valence-electron chi connectivity index (χ1n) is 6.16. The highest BCUT2D eigenvalue weighted by atomic mass is 32.1. The third kappa shape index (κ3) is 2.06. The Balaban J connectivity index is 2.14. The third-order valence-corrected chi connectivity index (χ3v) is 3.56. The van der Waals surface area contributed by atoms with Crippen LogP contribution in [0.3, 0.4) is 0 Å². The van der Waals surface area contributed by atoms with Gasteiger partial charge in [0, 0.05) is 17.5 Å². The van der Waals surface area contributed by atoms with E-state index >= 15 is 0 Å². The van der Waals surface area contributed by atoms with Gasteiger partial charge in [0.15, 0.2) is 5.82 Å². The average Bonchev–Trinajstić information content (AvgIpc) is 2.39. The summed E-state index contributed by atoms with van der Waals surface area (Å²) in [4.78, 5) is 16.3. The van der Waals surface area contributed by atoms with E-state index in [4.69, 9.17) is 12.2 Å². The van der Waals surface area contributed by atoms with Crippen molar-refractivity contribution in [1.29, 1.82) is 0 Å². The van der Waals surface area contributed by atoms with Crippen LogP contribution in [-0.2, 0) is 12.8 Å². The summed E-state index contributed by atoms with van der Waals surface area (Å²) < 4.78 is 0.717. The van der Waals surface area contributed by atoms with Gasteiger partial charge in [-0.25, -0.2) is 15.0 Å². The lowest BCUT2D eigenvalue weighted by molar-refractivity contribution is 0.661. The van der Waals surface area contributed by atoms with Crippen LogP contribution in [0.1, 0.15) is 29.9 Å². The van der Waals surface area contributed by atoms with Gasteiger partial charge in [-0.1, -0.05) is 12.2 Å². The Labute approximate surface area is 111 Å². The minimum atomic E-state index is 0.717. The molecule has 0 aliphatic heterocycles. The molecule has 0 fully saturated rings. The molecule has 1 N–H and O–H groups in total. The largest absolute Gasteiger partial charge is 0.342 e. The molecule has 5 heteroatoms. The molecule has 2 heterocycles. The van der Waals surface area contributed by atoms with Crippen LogP contribution in [0.5, 0.6) is 0 Å². The van der Waals surface area contributed by atoms with E-state index in [1.165, 1.54) is 24.1 Å². The molecule has 92 valence electrons. The van der Waals surface area contributed by atoms with E-state index in [-0.39, 0.29) is 0 Å². The summed E-state index contributed by atoms with van der Waals surface area (Å²) in [5, 5.41) is 0. The average molecular weight is 258 g/mol. The van der Waals surface area contributed by atoms with Gasteiger partial charge in [-0.3, -0.25) is 0 Å². The minimum absolute atomic E-state index is 0.717. The Bertz CT molecular complexity index is 648. The van der Waals surface area contributed by atoms with Gasteiger partial charge >= 0.3 is 0 Å². The van der Waals surface area contributed by atoms with Gasteiger partial charge in [-0.15, -0.1) is 0 Å². The maximum Gasteiger partial charge on any atom is 0.157 e. The monoisotopic (exact) mass is 258 g/mol. The van der Waals surface area contributed by atoms with Crippen molar-refractivity contribution in [1.82, 2.24) is 19.9 Å². The molecule has 0 amide bonds. The summed E-state index contributed by atoms with van der Waals surface area (Å²) in [6, 6.07) is 1.86. The second-order valence-electron chi connectivity index (χ2n) is 4.54. The number of aryl methyl sites for hydroxylation is 2. The SMILES string of the molecule is Cc1nccc(-c2nc(=S)c3c([nH]2)CCCC3)n1. The summed E-state index contributed by atoms with van der Waals surface area (Å²) in [5.74, 6) is 1.50. The molecule has 0 saturated heterocycles. The number of H-pyrrole nitrogens is 1. The van der Waals surface area contributed by atoms with Gasteiger partial charge in [0.1, 0.15) is 16.2 Å². The third-order valence-electron chi connectivity index (χ3n) is 3.23. The summed E-state index contributed by atoms with van der Waals surface area (Å²) >= 11 is 5.38. The van der Waals surface area contributed by atoms with Crippen molar-refractivity contribution in [2.75, 3.05) is 0 Å². The standard InChI is InChI=1S/C13H14N4S/c1-8-14-7-6-11(15-8)12-16-10-5-3-2-4-9(10)13(18)17-12/h6-7H,2-5H2,1H3,(H,16,17,18). The van der Waals surface area contributed by atoms with Crippen molar-refractivity contribution >= 4 is 12.2 Å². The molecular weight excluding hydrogens is 244 g/mol. The number of rotatable bonds is 1. The zero-order valence-corrected chi connectivity index (χ0v) is 11.0. The molecule has 4 nitrogen and oxygen atoms in total. The maximum atomic E-state index is 5.38. The van der Waals surface area contributed by atoms with Gasteiger partial charge in [-0.2, -0.15) is 0 Å². The smallest absolute Gasteiger partial charge is 0.157 e. The fourth-order valence-corrected chi connectivity index (χ4v) is 2.65. The van der Waals surface area contributed by atoms with Crippen LogP contribution in [0.25, 0.3) is 11.5 Å². The highest BCUT2D eigenvalue weighted by Crippen LogP contribution is 2.22. The number of nitrogens with zero attached hydrogens (tertiary/aromatic N) is 3. The highest BCUT2D eigenvalue weighted by molar-refractivity contribution is 7.71. The first-order chi connectivity index (χ1) is 8.74. The van der Waals surface area contributed by atoms with Gasteiger partial charge in [-0.05, 0) is 38.7 Å². The second kappa shape index (κ2) is 4.57. The lowest BCUT2D eigenvalue weighted by Crippen LogP contribution is -2.09. The number of fused-ring (bicyclic) bond motifs is 1. The Morgan fingerprint density at radius 2 is 2.06 bits per heavy atom. The van der Waals surface area contributed by atoms with Crippen LogP contribution in [0, 0.1) is 11.6 Å². The van der Waals surface area contributed by atoms with Crippen LogP contribution in [0.4, 0.5) is 0 Å². The predicted molar refractivity (Wildman–Crippen MR) is 71.8 cm³/mol. The number of hydrogen-bond acceptors (Lipinski definition) is 4. The molecule has 0 spiro atoms. The Morgan fingerprint density at radius 1 is 1.22 bits per heavy atom. The number of nitrogens with one attached hydrogen (secondary N) is 1. The van der Waals surface area contributed by atoms with Gasteiger partial charge in [0.2, 0.25) is 0 Å². The number of aromatic amines is 1. The summed E-state index contributed by atoms with van der Waals surface area (Å²) in [7, 11) is 0. The maximum absolute atomic E-state index is 5.38. The molecular formula is C13H14N4S. The molecule has 18 heavy (non-hydrogen) atoms. The van der Waals surface area contributed by atoms with E-state index in [1.54, 1.807) is 6.20 Å². The molecule has 0 saturated carbocycles. The molecule has 3 rings (SSSR count). The molecule has 1 aliphatic rings. The van der Waals surface area contributed by atoms with E-state index in [0.717, 1.165) is 34.8 Å². The van der Waals surface area contributed by atoms with Gasteiger partial charge < -0.3 is 4.98 Å². The molecule has 2 aromatic heterocycles. The fourth-order valence-electron chi connectivity index (χ4n) is 2.33. The van der Waals surface area contributed by atoms with Crippen LogP contribution < -0.4 is 0 Å². The van der Waals surface area contributed by atoms with E-state index in [9.17, 15) is 0 Å². The van der Waals surface area contributed by atoms with Crippen molar-refractivity contribution in [2.45, 2.75) is 32.6 Å². The lowest BCUT2D eigenvalue weighted by Gasteiger charge is -2.16. The summed E-state index contributed by atoms with van der Waals surface area (Å²) in [5.41, 5.74) is 3.25. The summed E-state index contributed by atoms with van der Waals surface area (Å²) in [6.07, 6.45) is 6.26. The Hall–Kier alpha value is -1.62. The normalized spacial score (nSPS) is 14.3. The molecule has 0 radical (unpaired) electrons. The van der Waals surface area contributed by atoms with Crippen molar-refractivity contribution in [2.24, 2.45) is 0 Å². The zero-order valence-electron chi connectivity index (χ0n) is 10.2. The van der Waals surface area contributed by atoms with Crippen LogP contribution in [0.15, 0.2) is 12.3 Å². The number of hydrogen-bond donors (Lipinski definition) is 1.